The van der Waals surface area contributed by atoms with Gasteiger partial charge < -0.3 is 20.9 Å². The normalized spacial score (nSPS) is 19.5. The second-order valence-corrected chi connectivity index (χ2v) is 8.14. The zero-order valence-corrected chi connectivity index (χ0v) is 16.8. The first-order chi connectivity index (χ1) is 13.7. The molecule has 4 amide bonds. The van der Waals surface area contributed by atoms with E-state index in [2.05, 4.69) is 16.0 Å². The molecule has 1 aromatic rings. The molecule has 0 bridgehead atoms. The maximum Gasteiger partial charge on any atom is 0.317 e. The Morgan fingerprint density at radius 2 is 1.57 bits per heavy atom. The van der Waals surface area contributed by atoms with Crippen LogP contribution in [0.4, 0.5) is 9.59 Å². The van der Waals surface area contributed by atoms with E-state index < -0.39 is 0 Å². The fourth-order valence-corrected chi connectivity index (χ4v) is 4.14. The Kier molecular flexibility index (Phi) is 11.9. The van der Waals surface area contributed by atoms with Crippen molar-refractivity contribution in [3.63, 3.8) is 0 Å². The van der Waals surface area contributed by atoms with Gasteiger partial charge in [-0.15, -0.1) is 0 Å². The molecule has 170 valence electrons. The molecule has 0 aromatic heterocycles. The van der Waals surface area contributed by atoms with Gasteiger partial charge in [-0.05, 0) is 30.7 Å². The van der Waals surface area contributed by atoms with Crippen molar-refractivity contribution in [3.05, 3.63) is 35.9 Å². The van der Waals surface area contributed by atoms with Gasteiger partial charge in [0, 0.05) is 32.2 Å². The molecule has 1 heterocycles. The van der Waals surface area contributed by atoms with Crippen molar-refractivity contribution in [1.29, 1.82) is 0 Å². The molecular formula is C24H42N4O2. The van der Waals surface area contributed by atoms with E-state index in [0.29, 0.717) is 31.6 Å². The summed E-state index contributed by atoms with van der Waals surface area (Å²) in [4.78, 5) is 26.4. The van der Waals surface area contributed by atoms with Crippen molar-refractivity contribution >= 4 is 12.1 Å². The van der Waals surface area contributed by atoms with E-state index in [-0.39, 0.29) is 26.9 Å². The zero-order valence-electron chi connectivity index (χ0n) is 16.8. The first kappa shape index (κ1) is 25.8. The summed E-state index contributed by atoms with van der Waals surface area (Å²) in [6.07, 6.45) is 9.42. The Bertz CT molecular complexity index is 615. The summed E-state index contributed by atoms with van der Waals surface area (Å²) >= 11 is 0. The summed E-state index contributed by atoms with van der Waals surface area (Å²) in [5, 5.41) is 9.14. The number of carbonyl (C=O) groups excluding carboxylic acids is 2. The van der Waals surface area contributed by atoms with Crippen molar-refractivity contribution in [3.8, 4) is 0 Å². The first-order valence-corrected chi connectivity index (χ1v) is 10.8. The van der Waals surface area contributed by atoms with E-state index in [1.807, 2.05) is 35.2 Å². The zero-order chi connectivity index (χ0) is 19.6. The van der Waals surface area contributed by atoms with Crippen LogP contribution in [0.2, 0.25) is 0 Å². The van der Waals surface area contributed by atoms with Crippen molar-refractivity contribution in [2.75, 3.05) is 19.6 Å². The van der Waals surface area contributed by atoms with Gasteiger partial charge in [0.2, 0.25) is 0 Å². The van der Waals surface area contributed by atoms with Crippen molar-refractivity contribution in [2.45, 2.75) is 78.8 Å². The van der Waals surface area contributed by atoms with Crippen LogP contribution in [0.5, 0.6) is 0 Å². The summed E-state index contributed by atoms with van der Waals surface area (Å²) in [5.41, 5.74) is 1.10. The molecule has 3 rings (SSSR count). The lowest BCUT2D eigenvalue weighted by atomic mass is 9.97. The van der Waals surface area contributed by atoms with E-state index in [0.717, 1.165) is 31.4 Å². The number of nitrogens with zero attached hydrogens (tertiary/aromatic N) is 1. The largest absolute Gasteiger partial charge is 0.338 e. The minimum atomic E-state index is -0.0578. The minimum absolute atomic E-state index is 0. The molecule has 2 aliphatic rings. The number of benzene rings is 1. The second kappa shape index (κ2) is 13.9. The van der Waals surface area contributed by atoms with Crippen LogP contribution in [0.25, 0.3) is 0 Å². The van der Waals surface area contributed by atoms with E-state index in [1.165, 1.54) is 32.1 Å². The number of rotatable bonds is 5. The van der Waals surface area contributed by atoms with Crippen LogP contribution in [0.15, 0.2) is 30.3 Å². The van der Waals surface area contributed by atoms with Crippen LogP contribution < -0.4 is 16.0 Å². The van der Waals surface area contributed by atoms with Crippen LogP contribution in [-0.2, 0) is 6.54 Å². The molecule has 6 nitrogen and oxygen atoms in total. The van der Waals surface area contributed by atoms with Gasteiger partial charge in [0.15, 0.2) is 0 Å². The molecule has 3 N–H and O–H groups in total. The Hall–Kier alpha value is -2.24. The van der Waals surface area contributed by atoms with Crippen molar-refractivity contribution in [1.82, 2.24) is 20.9 Å². The highest BCUT2D eigenvalue weighted by molar-refractivity contribution is 5.75. The third-order valence-electron chi connectivity index (χ3n) is 5.85. The molecule has 1 aromatic carbocycles. The number of nitrogens with one attached hydrogen (secondary N) is 3. The summed E-state index contributed by atoms with van der Waals surface area (Å²) in [6, 6.07) is 10.2. The van der Waals surface area contributed by atoms with Gasteiger partial charge in [0.25, 0.3) is 0 Å². The lowest BCUT2D eigenvalue weighted by Crippen LogP contribution is -2.44. The molecule has 1 atom stereocenters. The highest BCUT2D eigenvalue weighted by Gasteiger charge is 2.26. The highest BCUT2D eigenvalue weighted by Crippen LogP contribution is 2.18. The molecule has 2 fully saturated rings. The topological polar surface area (TPSA) is 73.5 Å². The predicted octanol–water partition coefficient (Wildman–Crippen LogP) is 4.90. The van der Waals surface area contributed by atoms with E-state index in [1.54, 1.807) is 0 Å². The SMILES string of the molecule is C.C.O=C(NCC1CCN(C(=O)NCc2ccccc2)C1)NC1CCCCCCC1. The third kappa shape index (κ3) is 8.64. The number of hydrogen-bond acceptors (Lipinski definition) is 2. The van der Waals surface area contributed by atoms with E-state index >= 15 is 0 Å². The quantitative estimate of drug-likeness (QED) is 0.636. The number of urea groups is 2. The first-order valence-electron chi connectivity index (χ1n) is 10.8. The number of likely N-dealkylation sites (tertiary alicyclic amines) is 1. The molecule has 6 heteroatoms. The summed E-state index contributed by atoms with van der Waals surface area (Å²) in [5.74, 6) is 0.325. The molecule has 1 unspecified atom stereocenters. The average Bonchev–Trinajstić information content (AvgIpc) is 3.16. The summed E-state index contributed by atoms with van der Waals surface area (Å²) < 4.78 is 0. The highest BCUT2D eigenvalue weighted by atomic mass is 16.2. The molecule has 0 spiro atoms. The number of carbonyl (C=O) groups is 2. The van der Waals surface area contributed by atoms with Gasteiger partial charge in [0.1, 0.15) is 0 Å². The Labute approximate surface area is 183 Å². The Morgan fingerprint density at radius 3 is 2.27 bits per heavy atom. The Morgan fingerprint density at radius 1 is 0.900 bits per heavy atom. The van der Waals surface area contributed by atoms with Gasteiger partial charge in [-0.25, -0.2) is 9.59 Å². The molecule has 1 saturated carbocycles. The Balaban J connectivity index is 0.00000225. The second-order valence-electron chi connectivity index (χ2n) is 8.14. The number of hydrogen-bond donors (Lipinski definition) is 3. The smallest absolute Gasteiger partial charge is 0.317 e. The maximum atomic E-state index is 12.3. The fourth-order valence-electron chi connectivity index (χ4n) is 4.14. The standard InChI is InChI=1S/C22H34N4O2.2CH4/c27-21(25-20-11-7-2-1-3-8-12-20)23-16-19-13-14-26(17-19)22(28)24-15-18-9-5-4-6-10-18;;/h4-6,9-10,19-20H,1-3,7-8,11-17H2,(H,24,28)(H2,23,25,27);2*1H4. The summed E-state index contributed by atoms with van der Waals surface area (Å²) in [7, 11) is 0. The molecule has 1 aliphatic heterocycles. The molecule has 1 aliphatic carbocycles. The van der Waals surface area contributed by atoms with Gasteiger partial charge in [-0.3, -0.25) is 0 Å². The van der Waals surface area contributed by atoms with Crippen molar-refractivity contribution < 1.29 is 9.59 Å². The monoisotopic (exact) mass is 418 g/mol. The molecule has 0 radical (unpaired) electrons. The molecular weight excluding hydrogens is 376 g/mol. The van der Waals surface area contributed by atoms with Crippen LogP contribution in [0.1, 0.15) is 71.8 Å². The fraction of sp³-hybridized carbons (Fsp3) is 0.667. The van der Waals surface area contributed by atoms with Crippen LogP contribution in [-0.4, -0.2) is 42.6 Å². The van der Waals surface area contributed by atoms with Crippen LogP contribution in [0.3, 0.4) is 0 Å². The average molecular weight is 419 g/mol. The lowest BCUT2D eigenvalue weighted by Gasteiger charge is -2.22. The van der Waals surface area contributed by atoms with Gasteiger partial charge >= 0.3 is 12.1 Å². The maximum absolute atomic E-state index is 12.3. The van der Waals surface area contributed by atoms with Crippen LogP contribution >= 0.6 is 0 Å². The number of amides is 4. The van der Waals surface area contributed by atoms with Crippen LogP contribution in [0, 0.1) is 5.92 Å². The van der Waals surface area contributed by atoms with Gasteiger partial charge in [-0.1, -0.05) is 77.3 Å². The minimum Gasteiger partial charge on any atom is -0.338 e. The van der Waals surface area contributed by atoms with Crippen molar-refractivity contribution in [2.24, 2.45) is 5.92 Å². The van der Waals surface area contributed by atoms with Gasteiger partial charge in [0.05, 0.1) is 0 Å². The lowest BCUT2D eigenvalue weighted by molar-refractivity contribution is 0.206. The predicted molar refractivity (Wildman–Crippen MR) is 124 cm³/mol. The van der Waals surface area contributed by atoms with Gasteiger partial charge in [-0.2, -0.15) is 0 Å². The molecule has 1 saturated heterocycles. The van der Waals surface area contributed by atoms with E-state index in [4.69, 9.17) is 0 Å². The van der Waals surface area contributed by atoms with E-state index in [9.17, 15) is 9.59 Å². The third-order valence-corrected chi connectivity index (χ3v) is 5.85. The summed E-state index contributed by atoms with van der Waals surface area (Å²) in [6.45, 7) is 2.62. The molecule has 30 heavy (non-hydrogen) atoms.